The van der Waals surface area contributed by atoms with Crippen molar-refractivity contribution in [3.63, 3.8) is 0 Å². The van der Waals surface area contributed by atoms with Gasteiger partial charge in [-0.3, -0.25) is 0 Å². The van der Waals surface area contributed by atoms with Crippen molar-refractivity contribution < 1.29 is 4.74 Å². The Morgan fingerprint density at radius 3 is 2.53 bits per heavy atom. The highest BCUT2D eigenvalue weighted by molar-refractivity contribution is 5.50. The van der Waals surface area contributed by atoms with Crippen molar-refractivity contribution in [3.8, 4) is 5.75 Å². The van der Waals surface area contributed by atoms with Crippen LogP contribution in [0.15, 0.2) is 30.3 Å². The molecule has 0 unspecified atom stereocenters. The zero-order valence-corrected chi connectivity index (χ0v) is 8.86. The fraction of sp³-hybridized carbons (Fsp3) is 0.385. The largest absolute Gasteiger partial charge is 0.490 e. The first kappa shape index (κ1) is 10.2. The van der Waals surface area contributed by atoms with E-state index >= 15 is 0 Å². The molecule has 0 saturated heterocycles. The van der Waals surface area contributed by atoms with E-state index in [4.69, 9.17) is 10.5 Å². The summed E-state index contributed by atoms with van der Waals surface area (Å²) in [6.07, 6.45) is 8.14. The molecule has 1 aliphatic rings. The second kappa shape index (κ2) is 4.99. The minimum Gasteiger partial charge on any atom is -0.490 e. The van der Waals surface area contributed by atoms with Crippen molar-refractivity contribution in [1.82, 2.24) is 0 Å². The van der Waals surface area contributed by atoms with Crippen molar-refractivity contribution >= 4 is 6.08 Å². The van der Waals surface area contributed by atoms with Gasteiger partial charge in [-0.2, -0.15) is 0 Å². The first-order chi connectivity index (χ1) is 7.38. The van der Waals surface area contributed by atoms with Gasteiger partial charge < -0.3 is 10.5 Å². The van der Waals surface area contributed by atoms with Crippen molar-refractivity contribution in [3.05, 3.63) is 35.9 Å². The monoisotopic (exact) mass is 203 g/mol. The quantitative estimate of drug-likeness (QED) is 0.816. The lowest BCUT2D eigenvalue weighted by atomic mass is 9.96. The molecule has 0 amide bonds. The van der Waals surface area contributed by atoms with Crippen LogP contribution in [0.1, 0.15) is 24.8 Å². The normalized spacial score (nSPS) is 16.6. The topological polar surface area (TPSA) is 35.2 Å². The second-order valence-corrected chi connectivity index (χ2v) is 3.88. The minimum absolute atomic E-state index is 0.454. The smallest absolute Gasteiger partial charge is 0.119 e. The van der Waals surface area contributed by atoms with Gasteiger partial charge in [0.15, 0.2) is 0 Å². The average Bonchev–Trinajstić information content (AvgIpc) is 2.22. The Kier molecular flexibility index (Phi) is 3.41. The van der Waals surface area contributed by atoms with E-state index in [9.17, 15) is 0 Å². The lowest BCUT2D eigenvalue weighted by molar-refractivity contribution is 0.120. The number of rotatable bonds is 4. The first-order valence-corrected chi connectivity index (χ1v) is 5.52. The van der Waals surface area contributed by atoms with E-state index in [1.807, 2.05) is 24.3 Å². The Morgan fingerprint density at radius 1 is 1.27 bits per heavy atom. The Morgan fingerprint density at radius 2 is 2.00 bits per heavy atom. The van der Waals surface area contributed by atoms with Crippen molar-refractivity contribution in [2.45, 2.75) is 25.4 Å². The Hall–Kier alpha value is -1.28. The van der Waals surface area contributed by atoms with Crippen LogP contribution >= 0.6 is 0 Å². The predicted octanol–water partition coefficient (Wildman–Crippen LogP) is 2.59. The molecule has 1 aromatic carbocycles. The summed E-state index contributed by atoms with van der Waals surface area (Å²) in [5.41, 5.74) is 6.55. The highest BCUT2D eigenvalue weighted by atomic mass is 16.5. The van der Waals surface area contributed by atoms with E-state index in [1.165, 1.54) is 24.8 Å². The standard InChI is InChI=1S/C13H17NO/c14-10-2-3-11-6-8-13(9-7-11)15-12-4-1-5-12/h2-3,6-9,12H,1,4-5,10,14H2/b3-2+. The van der Waals surface area contributed by atoms with Crippen LogP contribution in [0.3, 0.4) is 0 Å². The van der Waals surface area contributed by atoms with E-state index in [-0.39, 0.29) is 0 Å². The molecular weight excluding hydrogens is 186 g/mol. The third-order valence-electron chi connectivity index (χ3n) is 2.68. The van der Waals surface area contributed by atoms with Crippen LogP contribution < -0.4 is 10.5 Å². The van der Waals surface area contributed by atoms with Crippen LogP contribution in [0.5, 0.6) is 5.75 Å². The Balaban J connectivity index is 1.93. The minimum atomic E-state index is 0.454. The molecule has 0 heterocycles. The molecule has 0 atom stereocenters. The fourth-order valence-electron chi connectivity index (χ4n) is 1.54. The third-order valence-corrected chi connectivity index (χ3v) is 2.68. The molecule has 1 aliphatic carbocycles. The molecule has 0 bridgehead atoms. The maximum atomic E-state index is 5.76. The molecule has 2 rings (SSSR count). The molecule has 80 valence electrons. The summed E-state index contributed by atoms with van der Waals surface area (Å²) in [5.74, 6) is 0.976. The summed E-state index contributed by atoms with van der Waals surface area (Å²) in [6.45, 7) is 0.584. The van der Waals surface area contributed by atoms with Crippen LogP contribution in [0.2, 0.25) is 0 Å². The van der Waals surface area contributed by atoms with E-state index in [0.29, 0.717) is 12.6 Å². The number of nitrogens with two attached hydrogens (primary N) is 1. The summed E-state index contributed by atoms with van der Waals surface area (Å²) >= 11 is 0. The molecular formula is C13H17NO. The van der Waals surface area contributed by atoms with Crippen LogP contribution in [0.4, 0.5) is 0 Å². The van der Waals surface area contributed by atoms with Crippen molar-refractivity contribution in [2.24, 2.45) is 5.73 Å². The van der Waals surface area contributed by atoms with E-state index in [0.717, 1.165) is 5.75 Å². The van der Waals surface area contributed by atoms with Gasteiger partial charge in [-0.15, -0.1) is 0 Å². The zero-order chi connectivity index (χ0) is 10.5. The molecule has 0 spiro atoms. The number of ether oxygens (including phenoxy) is 1. The van der Waals surface area contributed by atoms with Gasteiger partial charge in [-0.05, 0) is 37.0 Å². The summed E-state index contributed by atoms with van der Waals surface area (Å²) in [7, 11) is 0. The lowest BCUT2D eigenvalue weighted by Gasteiger charge is -2.26. The van der Waals surface area contributed by atoms with Gasteiger partial charge in [0.1, 0.15) is 5.75 Å². The summed E-state index contributed by atoms with van der Waals surface area (Å²) < 4.78 is 5.76. The highest BCUT2D eigenvalue weighted by Crippen LogP contribution is 2.25. The van der Waals surface area contributed by atoms with Gasteiger partial charge in [0.25, 0.3) is 0 Å². The molecule has 2 heteroatoms. The molecule has 15 heavy (non-hydrogen) atoms. The summed E-state index contributed by atoms with van der Waals surface area (Å²) in [4.78, 5) is 0. The maximum absolute atomic E-state index is 5.76. The molecule has 0 radical (unpaired) electrons. The number of benzene rings is 1. The van der Waals surface area contributed by atoms with Gasteiger partial charge in [-0.1, -0.05) is 24.3 Å². The molecule has 2 N–H and O–H groups in total. The van der Waals surface area contributed by atoms with Gasteiger partial charge in [0, 0.05) is 6.54 Å². The highest BCUT2D eigenvalue weighted by Gasteiger charge is 2.18. The fourth-order valence-corrected chi connectivity index (χ4v) is 1.54. The Bertz CT molecular complexity index is 325. The molecule has 0 aromatic heterocycles. The zero-order valence-electron chi connectivity index (χ0n) is 8.86. The average molecular weight is 203 g/mol. The van der Waals surface area contributed by atoms with Gasteiger partial charge in [-0.25, -0.2) is 0 Å². The van der Waals surface area contributed by atoms with E-state index in [2.05, 4.69) is 12.1 Å². The molecule has 0 aliphatic heterocycles. The van der Waals surface area contributed by atoms with Crippen LogP contribution in [0.25, 0.3) is 6.08 Å². The SMILES string of the molecule is NC/C=C/c1ccc(OC2CCC2)cc1. The van der Waals surface area contributed by atoms with Crippen LogP contribution in [0, 0.1) is 0 Å². The van der Waals surface area contributed by atoms with Crippen LogP contribution in [-0.2, 0) is 0 Å². The number of hydrogen-bond donors (Lipinski definition) is 1. The first-order valence-electron chi connectivity index (χ1n) is 5.52. The number of hydrogen-bond acceptors (Lipinski definition) is 2. The van der Waals surface area contributed by atoms with E-state index in [1.54, 1.807) is 0 Å². The van der Waals surface area contributed by atoms with Gasteiger partial charge in [0.2, 0.25) is 0 Å². The van der Waals surface area contributed by atoms with E-state index < -0.39 is 0 Å². The lowest BCUT2D eigenvalue weighted by Crippen LogP contribution is -2.24. The van der Waals surface area contributed by atoms with Gasteiger partial charge in [0.05, 0.1) is 6.10 Å². The Labute approximate surface area is 90.7 Å². The third kappa shape index (κ3) is 2.83. The predicted molar refractivity (Wildman–Crippen MR) is 62.8 cm³/mol. The molecule has 1 fully saturated rings. The van der Waals surface area contributed by atoms with Crippen LogP contribution in [-0.4, -0.2) is 12.6 Å². The summed E-state index contributed by atoms with van der Waals surface area (Å²) in [5, 5.41) is 0. The van der Waals surface area contributed by atoms with Gasteiger partial charge >= 0.3 is 0 Å². The summed E-state index contributed by atoms with van der Waals surface area (Å²) in [6, 6.07) is 8.16. The van der Waals surface area contributed by atoms with Crippen molar-refractivity contribution in [1.29, 1.82) is 0 Å². The maximum Gasteiger partial charge on any atom is 0.119 e. The molecule has 2 nitrogen and oxygen atoms in total. The molecule has 1 aromatic rings. The van der Waals surface area contributed by atoms with Crippen molar-refractivity contribution in [2.75, 3.05) is 6.54 Å². The molecule has 1 saturated carbocycles. The second-order valence-electron chi connectivity index (χ2n) is 3.88.